The topological polar surface area (TPSA) is 63.2 Å². The third-order valence-electron chi connectivity index (χ3n) is 4.14. The first-order valence-electron chi connectivity index (χ1n) is 7.65. The van der Waals surface area contributed by atoms with Gasteiger partial charge < -0.3 is 5.32 Å². The lowest BCUT2D eigenvalue weighted by molar-refractivity contribution is -0.116. The van der Waals surface area contributed by atoms with Crippen LogP contribution in [0.5, 0.6) is 0 Å². The molecule has 2 aromatic carbocycles. The largest absolute Gasteiger partial charge is 0.326 e. The first-order valence-corrected chi connectivity index (χ1v) is 9.19. The van der Waals surface area contributed by atoms with Crippen molar-refractivity contribution in [3.8, 4) is 11.1 Å². The van der Waals surface area contributed by atoms with Crippen LogP contribution in [-0.4, -0.2) is 19.6 Å². The molecule has 1 aliphatic rings. The van der Waals surface area contributed by atoms with Crippen LogP contribution in [0.15, 0.2) is 47.4 Å². The van der Waals surface area contributed by atoms with Crippen LogP contribution < -0.4 is 5.32 Å². The first kappa shape index (κ1) is 15.7. The number of nitrogens with one attached hydrogen (secondary N) is 1. The maximum atomic E-state index is 12.2. The fourth-order valence-electron chi connectivity index (χ4n) is 2.67. The quantitative estimate of drug-likeness (QED) is 0.938. The third kappa shape index (κ3) is 3.01. The molecule has 0 unspecified atom stereocenters. The second-order valence-electron chi connectivity index (χ2n) is 6.04. The van der Waals surface area contributed by atoms with E-state index in [2.05, 4.69) is 11.4 Å². The average molecular weight is 329 g/mol. The molecule has 2 aromatic rings. The highest BCUT2D eigenvalue weighted by molar-refractivity contribution is 7.92. The first-order chi connectivity index (χ1) is 10.9. The van der Waals surface area contributed by atoms with Crippen LogP contribution in [0.1, 0.15) is 25.8 Å². The minimum Gasteiger partial charge on any atom is -0.326 e. The molecule has 3 rings (SSSR count). The van der Waals surface area contributed by atoms with Gasteiger partial charge in [0.15, 0.2) is 9.84 Å². The van der Waals surface area contributed by atoms with Gasteiger partial charge in [-0.25, -0.2) is 8.42 Å². The van der Waals surface area contributed by atoms with E-state index in [1.165, 1.54) is 0 Å². The van der Waals surface area contributed by atoms with Crippen LogP contribution in [0.4, 0.5) is 5.69 Å². The maximum Gasteiger partial charge on any atom is 0.224 e. The average Bonchev–Trinajstić information content (AvgIpc) is 2.54. The maximum absolute atomic E-state index is 12.2. The fourth-order valence-corrected chi connectivity index (χ4v) is 3.73. The molecule has 120 valence electrons. The van der Waals surface area contributed by atoms with Gasteiger partial charge in [0, 0.05) is 12.1 Å². The summed E-state index contributed by atoms with van der Waals surface area (Å²) in [4.78, 5) is 11.7. The van der Waals surface area contributed by atoms with Crippen molar-refractivity contribution in [1.29, 1.82) is 0 Å². The molecule has 0 saturated heterocycles. The summed E-state index contributed by atoms with van der Waals surface area (Å²) in [6, 6.07) is 12.9. The van der Waals surface area contributed by atoms with E-state index in [0.717, 1.165) is 28.8 Å². The molecule has 0 atom stereocenters. The Morgan fingerprint density at radius 1 is 0.957 bits per heavy atom. The summed E-state index contributed by atoms with van der Waals surface area (Å²) in [6.07, 6.45) is 1.23. The molecule has 0 saturated carbocycles. The van der Waals surface area contributed by atoms with Crippen molar-refractivity contribution in [3.63, 3.8) is 0 Å². The Morgan fingerprint density at radius 2 is 1.61 bits per heavy atom. The number of sulfone groups is 1. The van der Waals surface area contributed by atoms with E-state index in [4.69, 9.17) is 0 Å². The molecule has 0 spiro atoms. The molecule has 0 aliphatic carbocycles. The molecule has 23 heavy (non-hydrogen) atoms. The van der Waals surface area contributed by atoms with E-state index in [-0.39, 0.29) is 5.91 Å². The van der Waals surface area contributed by atoms with Gasteiger partial charge in [-0.05, 0) is 61.2 Å². The Kier molecular flexibility index (Phi) is 3.98. The Bertz CT molecular complexity index is 852. The van der Waals surface area contributed by atoms with Crippen molar-refractivity contribution < 1.29 is 13.2 Å². The Hall–Kier alpha value is -2.14. The Morgan fingerprint density at radius 3 is 2.26 bits per heavy atom. The fraction of sp³-hybridized carbons (Fsp3) is 0.278. The van der Waals surface area contributed by atoms with Crippen molar-refractivity contribution in [3.05, 3.63) is 48.0 Å². The SMILES string of the molecule is CC(C)S(=O)(=O)c1ccc(-c2ccc3c(c2)CCC(=O)N3)cc1. The second kappa shape index (κ2) is 5.81. The van der Waals surface area contributed by atoms with E-state index < -0.39 is 15.1 Å². The number of fused-ring (bicyclic) bond motifs is 1. The van der Waals surface area contributed by atoms with Crippen LogP contribution in [0.25, 0.3) is 11.1 Å². The standard InChI is InChI=1S/C18H19NO3S/c1-12(2)23(21,22)16-7-3-13(4-8-16)14-5-9-17-15(11-14)6-10-18(20)19-17/h3-5,7-9,11-12H,6,10H2,1-2H3,(H,19,20). The summed E-state index contributed by atoms with van der Waals surface area (Å²) in [7, 11) is -3.24. The normalized spacial score (nSPS) is 14.5. The number of rotatable bonds is 3. The number of amides is 1. The van der Waals surface area contributed by atoms with Crippen LogP contribution in [0.3, 0.4) is 0 Å². The van der Waals surface area contributed by atoms with Crippen LogP contribution in [0.2, 0.25) is 0 Å². The Balaban J connectivity index is 1.93. The molecule has 1 N–H and O–H groups in total. The van der Waals surface area contributed by atoms with Crippen molar-refractivity contribution in [2.45, 2.75) is 36.8 Å². The molecule has 0 aromatic heterocycles. The number of hydrogen-bond donors (Lipinski definition) is 1. The van der Waals surface area contributed by atoms with Gasteiger partial charge in [-0.15, -0.1) is 0 Å². The third-order valence-corrected chi connectivity index (χ3v) is 6.31. The van der Waals surface area contributed by atoms with Gasteiger partial charge in [-0.3, -0.25) is 4.79 Å². The van der Waals surface area contributed by atoms with Crippen molar-refractivity contribution in [1.82, 2.24) is 0 Å². The molecular formula is C18H19NO3S. The summed E-state index contributed by atoms with van der Waals surface area (Å²) >= 11 is 0. The molecule has 1 aliphatic heterocycles. The van der Waals surface area contributed by atoms with Crippen molar-refractivity contribution in [2.24, 2.45) is 0 Å². The highest BCUT2D eigenvalue weighted by Gasteiger charge is 2.19. The van der Waals surface area contributed by atoms with Gasteiger partial charge in [0.2, 0.25) is 5.91 Å². The zero-order chi connectivity index (χ0) is 16.6. The number of anilines is 1. The number of benzene rings is 2. The zero-order valence-corrected chi connectivity index (χ0v) is 14.0. The highest BCUT2D eigenvalue weighted by Crippen LogP contribution is 2.29. The van der Waals surface area contributed by atoms with Crippen molar-refractivity contribution >= 4 is 21.4 Å². The summed E-state index contributed by atoms with van der Waals surface area (Å²) in [5.74, 6) is 0.0495. The summed E-state index contributed by atoms with van der Waals surface area (Å²) in [5.41, 5.74) is 3.96. The second-order valence-corrected chi connectivity index (χ2v) is 8.54. The molecule has 0 radical (unpaired) electrons. The van der Waals surface area contributed by atoms with Gasteiger partial charge in [-0.2, -0.15) is 0 Å². The number of hydrogen-bond acceptors (Lipinski definition) is 3. The van der Waals surface area contributed by atoms with E-state index in [9.17, 15) is 13.2 Å². The number of aryl methyl sites for hydroxylation is 1. The summed E-state index contributed by atoms with van der Waals surface area (Å²) in [6.45, 7) is 3.36. The smallest absolute Gasteiger partial charge is 0.224 e. The predicted molar refractivity (Wildman–Crippen MR) is 91.2 cm³/mol. The monoisotopic (exact) mass is 329 g/mol. The van der Waals surface area contributed by atoms with E-state index in [1.54, 1.807) is 26.0 Å². The minimum atomic E-state index is -3.24. The molecule has 0 bridgehead atoms. The van der Waals surface area contributed by atoms with Crippen LogP contribution in [-0.2, 0) is 21.1 Å². The predicted octanol–water partition coefficient (Wildman–Crippen LogP) is 3.42. The zero-order valence-electron chi connectivity index (χ0n) is 13.2. The Labute approximate surface area is 136 Å². The lowest BCUT2D eigenvalue weighted by atomic mass is 9.97. The van der Waals surface area contributed by atoms with Crippen molar-refractivity contribution in [2.75, 3.05) is 5.32 Å². The van der Waals surface area contributed by atoms with Gasteiger partial charge in [-0.1, -0.05) is 18.2 Å². The molecule has 1 amide bonds. The molecular weight excluding hydrogens is 310 g/mol. The van der Waals surface area contributed by atoms with Gasteiger partial charge >= 0.3 is 0 Å². The van der Waals surface area contributed by atoms with Crippen LogP contribution in [0, 0.1) is 0 Å². The highest BCUT2D eigenvalue weighted by atomic mass is 32.2. The van der Waals surface area contributed by atoms with E-state index in [1.807, 2.05) is 24.3 Å². The molecule has 5 heteroatoms. The van der Waals surface area contributed by atoms with Gasteiger partial charge in [0.1, 0.15) is 0 Å². The van der Waals surface area contributed by atoms with E-state index in [0.29, 0.717) is 11.3 Å². The lowest BCUT2D eigenvalue weighted by Crippen LogP contribution is -2.18. The van der Waals surface area contributed by atoms with E-state index >= 15 is 0 Å². The van der Waals surface area contributed by atoms with Crippen LogP contribution >= 0.6 is 0 Å². The number of carbonyl (C=O) groups excluding carboxylic acids is 1. The molecule has 0 fully saturated rings. The van der Waals surface area contributed by atoms with Gasteiger partial charge in [0.25, 0.3) is 0 Å². The summed E-state index contributed by atoms with van der Waals surface area (Å²) < 4.78 is 24.3. The minimum absolute atomic E-state index is 0.0495. The lowest BCUT2D eigenvalue weighted by Gasteiger charge is -2.17. The van der Waals surface area contributed by atoms with Gasteiger partial charge in [0.05, 0.1) is 10.1 Å². The molecule has 4 nitrogen and oxygen atoms in total. The summed E-state index contributed by atoms with van der Waals surface area (Å²) in [5, 5.41) is 2.43. The molecule has 1 heterocycles. The number of carbonyl (C=O) groups is 1.